The van der Waals surface area contributed by atoms with E-state index in [0.717, 1.165) is 25.7 Å². The maximum absolute atomic E-state index is 5.84. The standard InChI is InChI=1S/C12H24N2O/c1-10-5-3-4-7-14(10)11(2)12-9-13-6-8-15-12/h10-13H,3-9H2,1-2H3. The molecule has 0 radical (unpaired) electrons. The van der Waals surface area contributed by atoms with Gasteiger partial charge in [0.25, 0.3) is 0 Å². The van der Waals surface area contributed by atoms with E-state index in [2.05, 4.69) is 24.1 Å². The number of nitrogens with zero attached hydrogens (tertiary/aromatic N) is 1. The lowest BCUT2D eigenvalue weighted by molar-refractivity contribution is -0.0420. The average Bonchev–Trinajstić information content (AvgIpc) is 2.30. The monoisotopic (exact) mass is 212 g/mol. The molecule has 3 unspecified atom stereocenters. The van der Waals surface area contributed by atoms with E-state index in [1.165, 1.54) is 25.8 Å². The third-order valence-electron chi connectivity index (χ3n) is 3.87. The first kappa shape index (κ1) is 11.4. The molecule has 2 saturated heterocycles. The van der Waals surface area contributed by atoms with Crippen LogP contribution < -0.4 is 5.32 Å². The molecule has 0 bridgehead atoms. The van der Waals surface area contributed by atoms with Crippen LogP contribution in [0.5, 0.6) is 0 Å². The van der Waals surface area contributed by atoms with Gasteiger partial charge in [0.15, 0.2) is 0 Å². The Labute approximate surface area is 93.2 Å². The van der Waals surface area contributed by atoms with E-state index in [4.69, 9.17) is 4.74 Å². The Hall–Kier alpha value is -0.120. The van der Waals surface area contributed by atoms with Crippen molar-refractivity contribution in [1.29, 1.82) is 0 Å². The van der Waals surface area contributed by atoms with E-state index < -0.39 is 0 Å². The van der Waals surface area contributed by atoms with Gasteiger partial charge < -0.3 is 10.1 Å². The van der Waals surface area contributed by atoms with Gasteiger partial charge in [0, 0.05) is 25.2 Å². The van der Waals surface area contributed by atoms with Crippen LogP contribution in [0.3, 0.4) is 0 Å². The van der Waals surface area contributed by atoms with Crippen LogP contribution in [0.15, 0.2) is 0 Å². The molecule has 0 spiro atoms. The third-order valence-corrected chi connectivity index (χ3v) is 3.87. The average molecular weight is 212 g/mol. The van der Waals surface area contributed by atoms with Gasteiger partial charge in [0.2, 0.25) is 0 Å². The van der Waals surface area contributed by atoms with E-state index in [1.54, 1.807) is 0 Å². The van der Waals surface area contributed by atoms with Gasteiger partial charge in [-0.15, -0.1) is 0 Å². The van der Waals surface area contributed by atoms with E-state index in [0.29, 0.717) is 12.1 Å². The van der Waals surface area contributed by atoms with Crippen molar-refractivity contribution in [3.05, 3.63) is 0 Å². The lowest BCUT2D eigenvalue weighted by Gasteiger charge is -2.42. The van der Waals surface area contributed by atoms with Crippen molar-refractivity contribution < 1.29 is 4.74 Å². The summed E-state index contributed by atoms with van der Waals surface area (Å²) in [5, 5.41) is 3.42. The van der Waals surface area contributed by atoms with Crippen molar-refractivity contribution in [2.75, 3.05) is 26.2 Å². The Bertz CT molecular complexity index is 192. The lowest BCUT2D eigenvalue weighted by Crippen LogP contribution is -2.54. The molecule has 15 heavy (non-hydrogen) atoms. The maximum atomic E-state index is 5.84. The van der Waals surface area contributed by atoms with Gasteiger partial charge in [0.05, 0.1) is 12.7 Å². The largest absolute Gasteiger partial charge is 0.374 e. The van der Waals surface area contributed by atoms with Gasteiger partial charge in [-0.1, -0.05) is 6.42 Å². The molecule has 2 heterocycles. The predicted octanol–water partition coefficient (Wildman–Crippen LogP) is 1.24. The molecular weight excluding hydrogens is 188 g/mol. The first-order valence-electron chi connectivity index (χ1n) is 6.37. The number of piperidine rings is 1. The highest BCUT2D eigenvalue weighted by molar-refractivity contribution is 4.85. The summed E-state index contributed by atoms with van der Waals surface area (Å²) in [4.78, 5) is 2.63. The minimum atomic E-state index is 0.388. The summed E-state index contributed by atoms with van der Waals surface area (Å²) in [6.45, 7) is 8.83. The third kappa shape index (κ3) is 2.71. The summed E-state index contributed by atoms with van der Waals surface area (Å²) in [7, 11) is 0. The second-order valence-electron chi connectivity index (χ2n) is 4.94. The van der Waals surface area contributed by atoms with Crippen molar-refractivity contribution in [2.24, 2.45) is 0 Å². The van der Waals surface area contributed by atoms with Gasteiger partial charge in [0.1, 0.15) is 0 Å². The minimum absolute atomic E-state index is 0.388. The molecule has 0 aliphatic carbocycles. The molecule has 2 aliphatic rings. The molecule has 3 atom stereocenters. The molecule has 88 valence electrons. The number of likely N-dealkylation sites (tertiary alicyclic amines) is 1. The van der Waals surface area contributed by atoms with Crippen LogP contribution in [-0.2, 0) is 4.74 Å². The van der Waals surface area contributed by atoms with E-state index in [-0.39, 0.29) is 0 Å². The molecule has 2 rings (SSSR count). The highest BCUT2D eigenvalue weighted by Gasteiger charge is 2.30. The smallest absolute Gasteiger partial charge is 0.0852 e. The molecule has 2 fully saturated rings. The zero-order valence-electron chi connectivity index (χ0n) is 10.0. The Morgan fingerprint density at radius 2 is 2.27 bits per heavy atom. The molecule has 0 amide bonds. The van der Waals surface area contributed by atoms with Crippen LogP contribution in [0, 0.1) is 0 Å². The van der Waals surface area contributed by atoms with Crippen molar-refractivity contribution in [3.63, 3.8) is 0 Å². The van der Waals surface area contributed by atoms with Crippen LogP contribution >= 0.6 is 0 Å². The fraction of sp³-hybridized carbons (Fsp3) is 1.00. The summed E-state index contributed by atoms with van der Waals surface area (Å²) >= 11 is 0. The number of ether oxygens (including phenoxy) is 1. The van der Waals surface area contributed by atoms with Crippen molar-refractivity contribution >= 4 is 0 Å². The molecule has 0 saturated carbocycles. The van der Waals surface area contributed by atoms with Crippen molar-refractivity contribution in [3.8, 4) is 0 Å². The Kier molecular flexibility index (Phi) is 4.00. The van der Waals surface area contributed by atoms with Crippen LogP contribution in [0.4, 0.5) is 0 Å². The Morgan fingerprint density at radius 1 is 1.40 bits per heavy atom. The van der Waals surface area contributed by atoms with Gasteiger partial charge >= 0.3 is 0 Å². The van der Waals surface area contributed by atoms with Gasteiger partial charge in [-0.05, 0) is 33.2 Å². The molecule has 2 aliphatic heterocycles. The Balaban J connectivity index is 1.89. The summed E-state index contributed by atoms with van der Waals surface area (Å²) in [5.74, 6) is 0. The van der Waals surface area contributed by atoms with E-state index in [1.807, 2.05) is 0 Å². The molecular formula is C12H24N2O. The lowest BCUT2D eigenvalue weighted by atomic mass is 9.99. The topological polar surface area (TPSA) is 24.5 Å². The molecule has 3 heteroatoms. The predicted molar refractivity (Wildman–Crippen MR) is 62.1 cm³/mol. The zero-order valence-corrected chi connectivity index (χ0v) is 10.0. The van der Waals surface area contributed by atoms with Crippen LogP contribution in [0.25, 0.3) is 0 Å². The second kappa shape index (κ2) is 5.28. The summed E-state index contributed by atoms with van der Waals surface area (Å²) in [5.41, 5.74) is 0. The van der Waals surface area contributed by atoms with Crippen LogP contribution in [0.2, 0.25) is 0 Å². The molecule has 1 N–H and O–H groups in total. The summed E-state index contributed by atoms with van der Waals surface area (Å²) < 4.78 is 5.84. The van der Waals surface area contributed by atoms with Crippen molar-refractivity contribution in [1.82, 2.24) is 10.2 Å². The highest BCUT2D eigenvalue weighted by Crippen LogP contribution is 2.21. The molecule has 0 aromatic rings. The SMILES string of the molecule is CC1CCCCN1C(C)C1CNCCO1. The number of hydrogen-bond donors (Lipinski definition) is 1. The van der Waals surface area contributed by atoms with Gasteiger partial charge in [-0.2, -0.15) is 0 Å². The zero-order chi connectivity index (χ0) is 10.7. The van der Waals surface area contributed by atoms with Gasteiger partial charge in [-0.25, -0.2) is 0 Å². The van der Waals surface area contributed by atoms with Crippen LogP contribution in [-0.4, -0.2) is 49.3 Å². The maximum Gasteiger partial charge on any atom is 0.0852 e. The van der Waals surface area contributed by atoms with Crippen molar-refractivity contribution in [2.45, 2.75) is 51.3 Å². The normalized spacial score (nSPS) is 36.4. The highest BCUT2D eigenvalue weighted by atomic mass is 16.5. The quantitative estimate of drug-likeness (QED) is 0.745. The fourth-order valence-electron chi connectivity index (χ4n) is 2.83. The Morgan fingerprint density at radius 3 is 2.93 bits per heavy atom. The summed E-state index contributed by atoms with van der Waals surface area (Å²) in [6, 6.07) is 1.30. The number of nitrogens with one attached hydrogen (secondary N) is 1. The van der Waals surface area contributed by atoms with Crippen LogP contribution in [0.1, 0.15) is 33.1 Å². The number of rotatable bonds is 2. The number of morpholine rings is 1. The fourth-order valence-corrected chi connectivity index (χ4v) is 2.83. The van der Waals surface area contributed by atoms with E-state index in [9.17, 15) is 0 Å². The van der Waals surface area contributed by atoms with E-state index >= 15 is 0 Å². The molecule has 0 aromatic carbocycles. The molecule has 3 nitrogen and oxygen atoms in total. The minimum Gasteiger partial charge on any atom is -0.374 e. The first-order chi connectivity index (χ1) is 7.29. The second-order valence-corrected chi connectivity index (χ2v) is 4.94. The van der Waals surface area contributed by atoms with Gasteiger partial charge in [-0.3, -0.25) is 4.90 Å². The number of hydrogen-bond acceptors (Lipinski definition) is 3. The molecule has 0 aromatic heterocycles. The summed E-state index contributed by atoms with van der Waals surface area (Å²) in [6.07, 6.45) is 4.49. The first-order valence-corrected chi connectivity index (χ1v) is 6.37.